The van der Waals surface area contributed by atoms with E-state index in [1.807, 2.05) is 13.0 Å². The SMILES string of the molecule is Cc1ccc(NC(=O)/C(C#N)=C\c2cc(Cl)c(OCc3ccc(Cl)c(Cl)c3)c(Br)c2)cc1Cl. The van der Waals surface area contributed by atoms with Crippen LogP contribution in [-0.2, 0) is 11.4 Å². The van der Waals surface area contributed by atoms with Crippen LogP contribution in [0.25, 0.3) is 6.08 Å². The smallest absolute Gasteiger partial charge is 0.266 e. The van der Waals surface area contributed by atoms with Crippen LogP contribution in [0.2, 0.25) is 20.1 Å². The van der Waals surface area contributed by atoms with E-state index in [9.17, 15) is 10.1 Å². The summed E-state index contributed by atoms with van der Waals surface area (Å²) in [6.07, 6.45) is 1.44. The van der Waals surface area contributed by atoms with Crippen LogP contribution in [0, 0.1) is 18.3 Å². The number of carbonyl (C=O) groups excluding carboxylic acids is 1. The van der Waals surface area contributed by atoms with E-state index >= 15 is 0 Å². The highest BCUT2D eigenvalue weighted by Crippen LogP contribution is 2.36. The zero-order chi connectivity index (χ0) is 24.1. The average molecular weight is 585 g/mol. The largest absolute Gasteiger partial charge is 0.486 e. The fourth-order valence-electron chi connectivity index (χ4n) is 2.77. The summed E-state index contributed by atoms with van der Waals surface area (Å²) in [5.74, 6) is -0.151. The summed E-state index contributed by atoms with van der Waals surface area (Å²) >= 11 is 27.9. The van der Waals surface area contributed by atoms with Crippen molar-refractivity contribution in [2.24, 2.45) is 0 Å². The molecule has 0 aliphatic rings. The molecule has 3 aromatic rings. The van der Waals surface area contributed by atoms with Gasteiger partial charge in [0.05, 0.1) is 19.5 Å². The molecule has 0 fully saturated rings. The van der Waals surface area contributed by atoms with Gasteiger partial charge in [-0.2, -0.15) is 5.26 Å². The summed E-state index contributed by atoms with van der Waals surface area (Å²) in [5.41, 5.74) is 2.63. The summed E-state index contributed by atoms with van der Waals surface area (Å²) in [4.78, 5) is 12.6. The first-order valence-electron chi connectivity index (χ1n) is 9.43. The van der Waals surface area contributed by atoms with Crippen molar-refractivity contribution in [1.82, 2.24) is 0 Å². The summed E-state index contributed by atoms with van der Waals surface area (Å²) < 4.78 is 6.38. The third-order valence-corrected chi connectivity index (χ3v) is 6.51. The molecule has 0 atom stereocenters. The summed E-state index contributed by atoms with van der Waals surface area (Å²) in [6.45, 7) is 2.07. The fraction of sp³-hybridized carbons (Fsp3) is 0.0833. The van der Waals surface area contributed by atoms with Gasteiger partial charge in [0.1, 0.15) is 18.2 Å². The van der Waals surface area contributed by atoms with E-state index in [0.29, 0.717) is 41.6 Å². The standard InChI is InChI=1S/C24H15BrCl4N2O2/c1-13-2-4-17(10-20(13)27)31-24(32)16(11-30)6-15-7-18(25)23(22(29)9-15)33-12-14-3-5-19(26)21(28)8-14/h2-10H,12H2,1H3,(H,31,32)/b16-6-. The Bertz CT molecular complexity index is 1280. The first kappa shape index (κ1) is 25.4. The summed E-state index contributed by atoms with van der Waals surface area (Å²) in [5, 5.41) is 13.9. The third-order valence-electron chi connectivity index (χ3n) is 4.49. The number of hydrogen-bond donors (Lipinski definition) is 1. The number of amides is 1. The van der Waals surface area contributed by atoms with Crippen molar-refractivity contribution in [2.45, 2.75) is 13.5 Å². The predicted molar refractivity (Wildman–Crippen MR) is 138 cm³/mol. The first-order chi connectivity index (χ1) is 15.7. The van der Waals surface area contributed by atoms with E-state index in [2.05, 4.69) is 21.2 Å². The fourth-order valence-corrected chi connectivity index (χ4v) is 4.26. The molecule has 3 rings (SSSR count). The number of nitriles is 1. The molecule has 0 spiro atoms. The monoisotopic (exact) mass is 582 g/mol. The lowest BCUT2D eigenvalue weighted by atomic mass is 10.1. The first-order valence-corrected chi connectivity index (χ1v) is 11.7. The number of anilines is 1. The van der Waals surface area contributed by atoms with Crippen LogP contribution in [0.5, 0.6) is 5.75 Å². The highest BCUT2D eigenvalue weighted by atomic mass is 79.9. The van der Waals surface area contributed by atoms with Gasteiger partial charge in [-0.25, -0.2) is 0 Å². The van der Waals surface area contributed by atoms with Gasteiger partial charge in [-0.15, -0.1) is 0 Å². The van der Waals surface area contributed by atoms with Crippen molar-refractivity contribution in [2.75, 3.05) is 5.32 Å². The van der Waals surface area contributed by atoms with Gasteiger partial charge >= 0.3 is 0 Å². The topological polar surface area (TPSA) is 62.1 Å². The molecule has 1 amide bonds. The zero-order valence-electron chi connectivity index (χ0n) is 17.1. The number of hydrogen-bond acceptors (Lipinski definition) is 3. The van der Waals surface area contributed by atoms with Crippen molar-refractivity contribution in [1.29, 1.82) is 5.26 Å². The molecule has 0 radical (unpaired) electrons. The predicted octanol–water partition coefficient (Wildman–Crippen LogP) is 8.50. The van der Waals surface area contributed by atoms with Crippen molar-refractivity contribution < 1.29 is 9.53 Å². The number of halogens is 5. The van der Waals surface area contributed by atoms with Crippen LogP contribution in [0.4, 0.5) is 5.69 Å². The molecule has 4 nitrogen and oxygen atoms in total. The number of carbonyl (C=O) groups is 1. The molecule has 0 saturated carbocycles. The molecule has 0 saturated heterocycles. The molecule has 3 aromatic carbocycles. The lowest BCUT2D eigenvalue weighted by Crippen LogP contribution is -2.13. The Kier molecular flexibility index (Phi) is 8.69. The second-order valence-electron chi connectivity index (χ2n) is 6.94. The Morgan fingerprint density at radius 2 is 1.79 bits per heavy atom. The molecule has 0 aliphatic heterocycles. The second-order valence-corrected chi connectivity index (χ2v) is 9.42. The van der Waals surface area contributed by atoms with Crippen LogP contribution in [-0.4, -0.2) is 5.91 Å². The maximum absolute atomic E-state index is 12.6. The van der Waals surface area contributed by atoms with Crippen LogP contribution in [0.3, 0.4) is 0 Å². The van der Waals surface area contributed by atoms with E-state index in [-0.39, 0.29) is 12.2 Å². The minimum atomic E-state index is -0.565. The minimum absolute atomic E-state index is 0.0980. The van der Waals surface area contributed by atoms with E-state index in [1.54, 1.807) is 48.5 Å². The Labute approximate surface area is 219 Å². The van der Waals surface area contributed by atoms with Crippen molar-refractivity contribution in [3.63, 3.8) is 0 Å². The van der Waals surface area contributed by atoms with Gasteiger partial charge in [-0.05, 0) is 82.0 Å². The van der Waals surface area contributed by atoms with Crippen molar-refractivity contribution in [3.05, 3.63) is 95.4 Å². The van der Waals surface area contributed by atoms with E-state index in [1.165, 1.54) is 6.08 Å². The zero-order valence-corrected chi connectivity index (χ0v) is 21.7. The highest BCUT2D eigenvalue weighted by molar-refractivity contribution is 9.10. The number of benzene rings is 3. The number of rotatable bonds is 6. The van der Waals surface area contributed by atoms with Gasteiger partial charge in [-0.3, -0.25) is 4.79 Å². The molecular formula is C24H15BrCl4N2O2. The Hall–Kier alpha value is -2.20. The highest BCUT2D eigenvalue weighted by Gasteiger charge is 2.14. The van der Waals surface area contributed by atoms with Gasteiger partial charge in [0.25, 0.3) is 5.91 Å². The third kappa shape index (κ3) is 6.66. The molecule has 0 aromatic heterocycles. The van der Waals surface area contributed by atoms with Crippen molar-refractivity contribution >= 4 is 80.0 Å². The van der Waals surface area contributed by atoms with Crippen LogP contribution < -0.4 is 10.1 Å². The molecule has 33 heavy (non-hydrogen) atoms. The number of ether oxygens (including phenoxy) is 1. The normalized spacial score (nSPS) is 11.1. The Balaban J connectivity index is 1.77. The Morgan fingerprint density at radius 3 is 2.42 bits per heavy atom. The number of nitrogens with one attached hydrogen (secondary N) is 1. The molecule has 9 heteroatoms. The number of nitrogens with zero attached hydrogens (tertiary/aromatic N) is 1. The second kappa shape index (κ2) is 11.3. The molecular weight excluding hydrogens is 570 g/mol. The van der Waals surface area contributed by atoms with Gasteiger partial charge in [0.2, 0.25) is 0 Å². The maximum Gasteiger partial charge on any atom is 0.266 e. The lowest BCUT2D eigenvalue weighted by Gasteiger charge is -2.12. The number of aryl methyl sites for hydroxylation is 1. The van der Waals surface area contributed by atoms with Crippen LogP contribution in [0.1, 0.15) is 16.7 Å². The van der Waals surface area contributed by atoms with Gasteiger partial charge in [0.15, 0.2) is 5.75 Å². The average Bonchev–Trinajstić information content (AvgIpc) is 2.76. The summed E-state index contributed by atoms with van der Waals surface area (Å²) in [7, 11) is 0. The van der Waals surface area contributed by atoms with E-state index in [0.717, 1.165) is 11.1 Å². The molecule has 0 unspecified atom stereocenters. The van der Waals surface area contributed by atoms with Crippen LogP contribution in [0.15, 0.2) is 58.6 Å². The molecule has 0 heterocycles. The van der Waals surface area contributed by atoms with Gasteiger partial charge in [0, 0.05) is 10.7 Å². The van der Waals surface area contributed by atoms with Crippen molar-refractivity contribution in [3.8, 4) is 11.8 Å². The molecule has 168 valence electrons. The van der Waals surface area contributed by atoms with Crippen LogP contribution >= 0.6 is 62.3 Å². The Morgan fingerprint density at radius 1 is 1.03 bits per heavy atom. The quantitative estimate of drug-likeness (QED) is 0.233. The molecule has 0 bridgehead atoms. The van der Waals surface area contributed by atoms with E-state index < -0.39 is 5.91 Å². The summed E-state index contributed by atoms with van der Waals surface area (Å²) in [6, 6.07) is 15.5. The lowest BCUT2D eigenvalue weighted by molar-refractivity contribution is -0.112. The van der Waals surface area contributed by atoms with E-state index in [4.69, 9.17) is 51.1 Å². The molecule has 1 N–H and O–H groups in total. The van der Waals surface area contributed by atoms with Gasteiger partial charge < -0.3 is 10.1 Å². The van der Waals surface area contributed by atoms with Gasteiger partial charge in [-0.1, -0.05) is 58.5 Å². The maximum atomic E-state index is 12.6. The molecule has 0 aliphatic carbocycles. The minimum Gasteiger partial charge on any atom is -0.486 e.